The van der Waals surface area contributed by atoms with E-state index in [1.807, 2.05) is 42.5 Å². The third-order valence-electron chi connectivity index (χ3n) is 4.69. The number of ether oxygens (including phenoxy) is 1. The fraction of sp³-hybridized carbons (Fsp3) is 0.120. The number of anilines is 1. The molecule has 0 unspecified atom stereocenters. The van der Waals surface area contributed by atoms with Gasteiger partial charge in [-0.2, -0.15) is 5.26 Å². The standard InChI is InChI=1S/C25H20N4O3/c1-17-22(29-25(31-17)19-5-3-2-4-6-19)15-23(30)28-20-9-12-24(27-16-20)32-21-10-7-18(8-11-21)13-14-26/h2-12,16H,13,15H2,1H3,(H,28,30). The van der Waals surface area contributed by atoms with Crippen molar-refractivity contribution in [2.75, 3.05) is 5.32 Å². The maximum atomic E-state index is 12.5. The first kappa shape index (κ1) is 20.8. The summed E-state index contributed by atoms with van der Waals surface area (Å²) in [5.41, 5.74) is 2.93. The number of carbonyl (C=O) groups is 1. The van der Waals surface area contributed by atoms with Crippen molar-refractivity contribution in [1.29, 1.82) is 5.26 Å². The number of nitrogens with zero attached hydrogens (tertiary/aromatic N) is 3. The van der Waals surface area contributed by atoms with E-state index in [4.69, 9.17) is 14.4 Å². The van der Waals surface area contributed by atoms with E-state index >= 15 is 0 Å². The molecule has 7 nitrogen and oxygen atoms in total. The van der Waals surface area contributed by atoms with Crippen LogP contribution in [0.25, 0.3) is 11.5 Å². The first-order chi connectivity index (χ1) is 15.6. The highest BCUT2D eigenvalue weighted by atomic mass is 16.5. The lowest BCUT2D eigenvalue weighted by atomic mass is 10.2. The molecule has 0 fully saturated rings. The van der Waals surface area contributed by atoms with Gasteiger partial charge in [-0.25, -0.2) is 9.97 Å². The van der Waals surface area contributed by atoms with Crippen LogP contribution in [0.15, 0.2) is 77.3 Å². The average molecular weight is 424 g/mol. The zero-order chi connectivity index (χ0) is 22.3. The number of nitrogens with one attached hydrogen (secondary N) is 1. The summed E-state index contributed by atoms with van der Waals surface area (Å²) >= 11 is 0. The first-order valence-corrected chi connectivity index (χ1v) is 10.0. The van der Waals surface area contributed by atoms with Gasteiger partial charge in [-0.15, -0.1) is 0 Å². The molecular formula is C25H20N4O3. The first-order valence-electron chi connectivity index (χ1n) is 10.0. The Morgan fingerprint density at radius 2 is 1.88 bits per heavy atom. The Labute approximate surface area is 185 Å². The Kier molecular flexibility index (Phi) is 6.23. The van der Waals surface area contributed by atoms with E-state index in [1.54, 1.807) is 31.2 Å². The predicted molar refractivity (Wildman–Crippen MR) is 119 cm³/mol. The van der Waals surface area contributed by atoms with E-state index in [1.165, 1.54) is 6.20 Å². The summed E-state index contributed by atoms with van der Waals surface area (Å²) in [6.07, 6.45) is 1.98. The minimum absolute atomic E-state index is 0.0927. The van der Waals surface area contributed by atoms with Crippen LogP contribution in [0.5, 0.6) is 11.6 Å². The molecule has 0 radical (unpaired) electrons. The van der Waals surface area contributed by atoms with Crippen molar-refractivity contribution < 1.29 is 13.9 Å². The maximum absolute atomic E-state index is 12.5. The molecular weight excluding hydrogens is 404 g/mol. The molecule has 4 aromatic rings. The van der Waals surface area contributed by atoms with E-state index in [0.717, 1.165) is 11.1 Å². The van der Waals surface area contributed by atoms with Crippen molar-refractivity contribution in [2.24, 2.45) is 0 Å². The van der Waals surface area contributed by atoms with E-state index in [2.05, 4.69) is 21.4 Å². The number of amides is 1. The highest BCUT2D eigenvalue weighted by molar-refractivity contribution is 5.92. The van der Waals surface area contributed by atoms with Gasteiger partial charge in [0.25, 0.3) is 0 Å². The lowest BCUT2D eigenvalue weighted by Crippen LogP contribution is -2.15. The molecule has 0 aliphatic rings. The van der Waals surface area contributed by atoms with Crippen molar-refractivity contribution >= 4 is 11.6 Å². The molecule has 0 aliphatic carbocycles. The van der Waals surface area contributed by atoms with E-state index in [-0.39, 0.29) is 12.3 Å². The highest BCUT2D eigenvalue weighted by Gasteiger charge is 2.15. The van der Waals surface area contributed by atoms with Crippen LogP contribution in [0.3, 0.4) is 0 Å². The number of hydrogen-bond donors (Lipinski definition) is 1. The number of benzene rings is 2. The fourth-order valence-electron chi connectivity index (χ4n) is 3.06. The molecule has 2 heterocycles. The number of carbonyl (C=O) groups excluding carboxylic acids is 1. The topological polar surface area (TPSA) is 101 Å². The van der Waals surface area contributed by atoms with Gasteiger partial charge >= 0.3 is 0 Å². The van der Waals surface area contributed by atoms with Gasteiger partial charge in [0.2, 0.25) is 17.7 Å². The second kappa shape index (κ2) is 9.58. The molecule has 4 rings (SSSR count). The summed E-state index contributed by atoms with van der Waals surface area (Å²) in [5, 5.41) is 11.5. The molecule has 2 aromatic heterocycles. The molecule has 0 saturated carbocycles. The fourth-order valence-corrected chi connectivity index (χ4v) is 3.06. The number of nitriles is 1. The molecule has 0 bridgehead atoms. The number of hydrogen-bond acceptors (Lipinski definition) is 6. The van der Waals surface area contributed by atoms with E-state index < -0.39 is 0 Å². The maximum Gasteiger partial charge on any atom is 0.230 e. The van der Waals surface area contributed by atoms with Crippen LogP contribution in [-0.2, 0) is 17.6 Å². The molecule has 1 amide bonds. The Morgan fingerprint density at radius 1 is 1.09 bits per heavy atom. The minimum atomic E-state index is -0.218. The van der Waals surface area contributed by atoms with Gasteiger partial charge in [0.1, 0.15) is 11.5 Å². The third-order valence-corrected chi connectivity index (χ3v) is 4.69. The largest absolute Gasteiger partial charge is 0.441 e. The number of aromatic nitrogens is 2. The Balaban J connectivity index is 1.35. The Hall–Kier alpha value is -4.44. The lowest BCUT2D eigenvalue weighted by molar-refractivity contribution is -0.115. The van der Waals surface area contributed by atoms with Crippen molar-refractivity contribution in [1.82, 2.24) is 9.97 Å². The number of aryl methyl sites for hydroxylation is 1. The number of rotatable bonds is 7. The number of pyridine rings is 1. The second-order valence-electron chi connectivity index (χ2n) is 7.08. The molecule has 158 valence electrons. The van der Waals surface area contributed by atoms with Gasteiger partial charge in [-0.1, -0.05) is 30.3 Å². The van der Waals surface area contributed by atoms with E-state index in [9.17, 15) is 4.79 Å². The van der Waals surface area contributed by atoms with Crippen LogP contribution < -0.4 is 10.1 Å². The summed E-state index contributed by atoms with van der Waals surface area (Å²) in [5.74, 6) is 1.91. The summed E-state index contributed by atoms with van der Waals surface area (Å²) in [6.45, 7) is 1.79. The number of oxazole rings is 1. The zero-order valence-corrected chi connectivity index (χ0v) is 17.4. The Morgan fingerprint density at radius 3 is 2.56 bits per heavy atom. The van der Waals surface area contributed by atoms with Crippen LogP contribution in [0, 0.1) is 18.3 Å². The monoisotopic (exact) mass is 424 g/mol. The van der Waals surface area contributed by atoms with Gasteiger partial charge in [-0.05, 0) is 42.8 Å². The summed E-state index contributed by atoms with van der Waals surface area (Å²) in [7, 11) is 0. The van der Waals surface area contributed by atoms with Gasteiger partial charge < -0.3 is 14.5 Å². The quantitative estimate of drug-likeness (QED) is 0.444. The van der Waals surface area contributed by atoms with Gasteiger partial charge in [0.15, 0.2) is 0 Å². The van der Waals surface area contributed by atoms with Crippen molar-refractivity contribution in [3.8, 4) is 29.2 Å². The van der Waals surface area contributed by atoms with Crippen LogP contribution >= 0.6 is 0 Å². The summed E-state index contributed by atoms with van der Waals surface area (Å²) < 4.78 is 11.4. The normalized spacial score (nSPS) is 10.4. The van der Waals surface area contributed by atoms with Crippen molar-refractivity contribution in [2.45, 2.75) is 19.8 Å². The molecule has 32 heavy (non-hydrogen) atoms. The SMILES string of the molecule is Cc1oc(-c2ccccc2)nc1CC(=O)Nc1ccc(Oc2ccc(CC#N)cc2)nc1. The van der Waals surface area contributed by atoms with Crippen molar-refractivity contribution in [3.05, 3.63) is 89.9 Å². The van der Waals surface area contributed by atoms with Gasteiger partial charge in [0, 0.05) is 11.6 Å². The highest BCUT2D eigenvalue weighted by Crippen LogP contribution is 2.23. The molecule has 1 N–H and O–H groups in total. The summed E-state index contributed by atoms with van der Waals surface area (Å²) in [6, 6.07) is 22.3. The van der Waals surface area contributed by atoms with Crippen LogP contribution in [0.1, 0.15) is 17.0 Å². The molecule has 0 saturated heterocycles. The van der Waals surface area contributed by atoms with E-state index in [0.29, 0.717) is 41.1 Å². The van der Waals surface area contributed by atoms with Gasteiger partial charge in [0.05, 0.1) is 36.5 Å². The second-order valence-corrected chi connectivity index (χ2v) is 7.08. The molecule has 0 aliphatic heterocycles. The average Bonchev–Trinajstić information content (AvgIpc) is 3.17. The van der Waals surface area contributed by atoms with Crippen LogP contribution in [-0.4, -0.2) is 15.9 Å². The smallest absolute Gasteiger partial charge is 0.230 e. The minimum Gasteiger partial charge on any atom is -0.441 e. The summed E-state index contributed by atoms with van der Waals surface area (Å²) in [4.78, 5) is 21.2. The third kappa shape index (κ3) is 5.18. The van der Waals surface area contributed by atoms with Crippen LogP contribution in [0.4, 0.5) is 5.69 Å². The molecule has 2 aromatic carbocycles. The Bertz CT molecular complexity index is 1240. The molecule has 0 spiro atoms. The van der Waals surface area contributed by atoms with Crippen LogP contribution in [0.2, 0.25) is 0 Å². The zero-order valence-electron chi connectivity index (χ0n) is 17.4. The predicted octanol–water partition coefficient (Wildman–Crippen LogP) is 5.08. The lowest BCUT2D eigenvalue weighted by Gasteiger charge is -2.07. The molecule has 7 heteroatoms. The van der Waals surface area contributed by atoms with Crippen molar-refractivity contribution in [3.63, 3.8) is 0 Å². The molecule has 0 atom stereocenters. The van der Waals surface area contributed by atoms with Gasteiger partial charge in [-0.3, -0.25) is 4.79 Å².